The van der Waals surface area contributed by atoms with E-state index in [0.717, 1.165) is 15.6 Å². The van der Waals surface area contributed by atoms with Gasteiger partial charge in [0.1, 0.15) is 4.88 Å². The fourth-order valence-electron chi connectivity index (χ4n) is 2.55. The molecule has 0 spiro atoms. The van der Waals surface area contributed by atoms with Gasteiger partial charge in [0.2, 0.25) is 0 Å². The third-order valence-electron chi connectivity index (χ3n) is 3.90. The predicted octanol–water partition coefficient (Wildman–Crippen LogP) is 4.11. The second kappa shape index (κ2) is 7.94. The number of benzene rings is 2. The molecular formula is C20H19NO3S. The maximum atomic E-state index is 12.3. The van der Waals surface area contributed by atoms with Crippen LogP contribution in [0.25, 0.3) is 10.1 Å². The van der Waals surface area contributed by atoms with E-state index in [-0.39, 0.29) is 12.5 Å². The maximum Gasteiger partial charge on any atom is 0.348 e. The Morgan fingerprint density at radius 1 is 1.04 bits per heavy atom. The van der Waals surface area contributed by atoms with Crippen molar-refractivity contribution in [2.45, 2.75) is 13.5 Å². The third kappa shape index (κ3) is 4.25. The topological polar surface area (TPSA) is 46.6 Å². The van der Waals surface area contributed by atoms with Gasteiger partial charge < -0.3 is 9.64 Å². The lowest BCUT2D eigenvalue weighted by atomic mass is 10.2. The average Bonchev–Trinajstić information content (AvgIpc) is 3.09. The molecule has 1 heterocycles. The molecule has 25 heavy (non-hydrogen) atoms. The van der Waals surface area contributed by atoms with Gasteiger partial charge in [-0.25, -0.2) is 4.79 Å². The monoisotopic (exact) mass is 353 g/mol. The molecule has 0 fully saturated rings. The number of nitrogens with zero attached hydrogens (tertiary/aromatic N) is 1. The minimum atomic E-state index is -0.453. The SMILES string of the molecule is CCN(Cc1ccccc1)C(=O)COC(=O)c1cc2ccccc2s1. The summed E-state index contributed by atoms with van der Waals surface area (Å²) in [4.78, 5) is 26.7. The number of fused-ring (bicyclic) bond motifs is 1. The van der Waals surface area contributed by atoms with Crippen LogP contribution in [-0.4, -0.2) is 29.9 Å². The molecule has 0 aliphatic rings. The van der Waals surface area contributed by atoms with E-state index in [0.29, 0.717) is 18.0 Å². The van der Waals surface area contributed by atoms with Crippen molar-refractivity contribution in [3.8, 4) is 0 Å². The molecule has 0 radical (unpaired) electrons. The van der Waals surface area contributed by atoms with Gasteiger partial charge in [-0.2, -0.15) is 0 Å². The Hall–Kier alpha value is -2.66. The van der Waals surface area contributed by atoms with Gasteiger partial charge in [-0.3, -0.25) is 4.79 Å². The summed E-state index contributed by atoms with van der Waals surface area (Å²) in [5.74, 6) is -0.647. The lowest BCUT2D eigenvalue weighted by molar-refractivity contribution is -0.134. The first-order valence-electron chi connectivity index (χ1n) is 8.14. The summed E-state index contributed by atoms with van der Waals surface area (Å²) in [6, 6.07) is 19.3. The first-order chi connectivity index (χ1) is 12.2. The first-order valence-corrected chi connectivity index (χ1v) is 8.96. The summed E-state index contributed by atoms with van der Waals surface area (Å²) in [6.45, 7) is 2.74. The zero-order chi connectivity index (χ0) is 17.6. The highest BCUT2D eigenvalue weighted by molar-refractivity contribution is 7.20. The van der Waals surface area contributed by atoms with Crippen molar-refractivity contribution in [3.05, 3.63) is 71.1 Å². The van der Waals surface area contributed by atoms with Crippen molar-refractivity contribution in [1.82, 2.24) is 4.90 Å². The number of esters is 1. The van der Waals surface area contributed by atoms with Crippen molar-refractivity contribution in [2.24, 2.45) is 0 Å². The highest BCUT2D eigenvalue weighted by Gasteiger charge is 2.17. The van der Waals surface area contributed by atoms with Gasteiger partial charge in [0.25, 0.3) is 5.91 Å². The second-order valence-electron chi connectivity index (χ2n) is 5.62. The summed E-state index contributed by atoms with van der Waals surface area (Å²) in [6.07, 6.45) is 0. The van der Waals surface area contributed by atoms with Crippen LogP contribution in [0.3, 0.4) is 0 Å². The van der Waals surface area contributed by atoms with Crippen molar-refractivity contribution in [3.63, 3.8) is 0 Å². The van der Waals surface area contributed by atoms with Crippen LogP contribution in [0.2, 0.25) is 0 Å². The molecule has 0 atom stereocenters. The molecule has 1 aromatic heterocycles. The van der Waals surface area contributed by atoms with Gasteiger partial charge in [0.05, 0.1) is 0 Å². The molecule has 3 aromatic rings. The molecule has 2 aromatic carbocycles. The summed E-state index contributed by atoms with van der Waals surface area (Å²) >= 11 is 1.37. The smallest absolute Gasteiger partial charge is 0.348 e. The molecule has 0 aliphatic heterocycles. The minimum absolute atomic E-state index is 0.194. The number of ether oxygens (including phenoxy) is 1. The molecular weight excluding hydrogens is 334 g/mol. The van der Waals surface area contributed by atoms with Crippen molar-refractivity contribution < 1.29 is 14.3 Å². The van der Waals surface area contributed by atoms with Crippen LogP contribution in [0.4, 0.5) is 0 Å². The number of hydrogen-bond donors (Lipinski definition) is 0. The summed E-state index contributed by atoms with van der Waals surface area (Å²) < 4.78 is 6.25. The largest absolute Gasteiger partial charge is 0.451 e. The minimum Gasteiger partial charge on any atom is -0.451 e. The van der Waals surface area contributed by atoms with Crippen LogP contribution in [0, 0.1) is 0 Å². The Kier molecular flexibility index (Phi) is 5.46. The Morgan fingerprint density at radius 2 is 1.76 bits per heavy atom. The van der Waals surface area contributed by atoms with Crippen molar-refractivity contribution >= 4 is 33.3 Å². The van der Waals surface area contributed by atoms with E-state index < -0.39 is 5.97 Å². The predicted molar refractivity (Wildman–Crippen MR) is 99.6 cm³/mol. The molecule has 4 nitrogen and oxygen atoms in total. The van der Waals surface area contributed by atoms with Crippen LogP contribution in [0.1, 0.15) is 22.2 Å². The lowest BCUT2D eigenvalue weighted by Crippen LogP contribution is -2.34. The van der Waals surface area contributed by atoms with Gasteiger partial charge in [-0.15, -0.1) is 11.3 Å². The molecule has 0 saturated heterocycles. The summed E-state index contributed by atoms with van der Waals surface area (Å²) in [7, 11) is 0. The maximum absolute atomic E-state index is 12.3. The standard InChI is InChI=1S/C20H19NO3S/c1-2-21(13-15-8-4-3-5-9-15)19(22)14-24-20(23)18-12-16-10-6-7-11-17(16)25-18/h3-12H,2,13-14H2,1H3. The van der Waals surface area contributed by atoms with E-state index in [1.54, 1.807) is 11.0 Å². The molecule has 0 bridgehead atoms. The molecule has 0 N–H and O–H groups in total. The Labute approximate surface area is 150 Å². The third-order valence-corrected chi connectivity index (χ3v) is 5.00. The average molecular weight is 353 g/mol. The van der Waals surface area contributed by atoms with Crippen LogP contribution < -0.4 is 0 Å². The fraction of sp³-hybridized carbons (Fsp3) is 0.200. The highest BCUT2D eigenvalue weighted by Crippen LogP contribution is 2.25. The van der Waals surface area contributed by atoms with Crippen LogP contribution in [0.15, 0.2) is 60.7 Å². The van der Waals surface area contributed by atoms with Gasteiger partial charge in [-0.05, 0) is 30.0 Å². The zero-order valence-electron chi connectivity index (χ0n) is 14.0. The second-order valence-corrected chi connectivity index (χ2v) is 6.70. The van der Waals surface area contributed by atoms with E-state index in [1.807, 2.05) is 61.5 Å². The quantitative estimate of drug-likeness (QED) is 0.627. The van der Waals surface area contributed by atoms with E-state index >= 15 is 0 Å². The summed E-state index contributed by atoms with van der Waals surface area (Å²) in [5, 5.41) is 1.00. The Morgan fingerprint density at radius 3 is 2.48 bits per heavy atom. The highest BCUT2D eigenvalue weighted by atomic mass is 32.1. The normalized spacial score (nSPS) is 10.6. The number of rotatable bonds is 6. The van der Waals surface area contributed by atoms with Gasteiger partial charge >= 0.3 is 5.97 Å². The number of carbonyl (C=O) groups is 2. The van der Waals surface area contributed by atoms with E-state index in [4.69, 9.17) is 4.74 Å². The number of thiophene rings is 1. The molecule has 3 rings (SSSR count). The molecule has 0 unspecified atom stereocenters. The van der Waals surface area contributed by atoms with Gasteiger partial charge in [0.15, 0.2) is 6.61 Å². The lowest BCUT2D eigenvalue weighted by Gasteiger charge is -2.20. The van der Waals surface area contributed by atoms with Crippen molar-refractivity contribution in [2.75, 3.05) is 13.2 Å². The van der Waals surface area contributed by atoms with Gasteiger partial charge in [-0.1, -0.05) is 48.5 Å². The van der Waals surface area contributed by atoms with E-state index in [1.165, 1.54) is 11.3 Å². The van der Waals surface area contributed by atoms with Crippen LogP contribution in [0.5, 0.6) is 0 Å². The Bertz CT molecular complexity index is 840. The fourth-order valence-corrected chi connectivity index (χ4v) is 3.51. The molecule has 128 valence electrons. The molecule has 0 aliphatic carbocycles. The number of hydrogen-bond acceptors (Lipinski definition) is 4. The summed E-state index contributed by atoms with van der Waals surface area (Å²) in [5.41, 5.74) is 1.05. The van der Waals surface area contributed by atoms with E-state index in [2.05, 4.69) is 0 Å². The number of carbonyl (C=O) groups excluding carboxylic acids is 2. The van der Waals surface area contributed by atoms with Crippen molar-refractivity contribution in [1.29, 1.82) is 0 Å². The first kappa shape index (κ1) is 17.2. The number of amides is 1. The zero-order valence-corrected chi connectivity index (χ0v) is 14.8. The molecule has 1 amide bonds. The number of likely N-dealkylation sites (N-methyl/N-ethyl adjacent to an activating group) is 1. The Balaban J connectivity index is 1.59. The van der Waals surface area contributed by atoms with Crippen LogP contribution in [-0.2, 0) is 16.1 Å². The van der Waals surface area contributed by atoms with Gasteiger partial charge in [0, 0.05) is 17.8 Å². The van der Waals surface area contributed by atoms with E-state index in [9.17, 15) is 9.59 Å². The van der Waals surface area contributed by atoms with Crippen LogP contribution >= 0.6 is 11.3 Å². The molecule has 0 saturated carbocycles. The molecule has 5 heteroatoms.